The van der Waals surface area contributed by atoms with Crippen LogP contribution in [0.15, 0.2) is 34.4 Å². The fraction of sp³-hybridized carbons (Fsp3) is 0.636. The smallest absolute Gasteiger partial charge is 0.155 e. The summed E-state index contributed by atoms with van der Waals surface area (Å²) in [5.74, 6) is 1.42. The van der Waals surface area contributed by atoms with Crippen molar-refractivity contribution >= 4 is 5.78 Å². The fourth-order valence-corrected chi connectivity index (χ4v) is 6.37. The number of carbonyl (C=O) groups is 1. The van der Waals surface area contributed by atoms with Crippen LogP contribution in [0, 0.1) is 34.0 Å². The Kier molecular flexibility index (Phi) is 3.81. The number of fused-ring (bicyclic) bond motifs is 5. The van der Waals surface area contributed by atoms with Gasteiger partial charge in [-0.15, -0.1) is 0 Å². The van der Waals surface area contributed by atoms with Gasteiger partial charge in [-0.3, -0.25) is 4.79 Å². The van der Waals surface area contributed by atoms with Gasteiger partial charge in [0, 0.05) is 11.8 Å². The van der Waals surface area contributed by atoms with Crippen molar-refractivity contribution in [2.45, 2.75) is 58.8 Å². The first-order valence-corrected chi connectivity index (χ1v) is 9.62. The lowest BCUT2D eigenvalue weighted by Gasteiger charge is -2.52. The molecule has 4 aliphatic rings. The Labute approximate surface area is 150 Å². The summed E-state index contributed by atoms with van der Waals surface area (Å²) in [6.45, 7) is 4.51. The van der Waals surface area contributed by atoms with Crippen LogP contribution in [0.2, 0.25) is 0 Å². The van der Waals surface area contributed by atoms with Gasteiger partial charge >= 0.3 is 0 Å². The van der Waals surface area contributed by atoms with Crippen molar-refractivity contribution in [2.24, 2.45) is 22.7 Å². The molecule has 0 aromatic carbocycles. The van der Waals surface area contributed by atoms with Crippen molar-refractivity contribution in [2.75, 3.05) is 6.61 Å². The van der Waals surface area contributed by atoms with Crippen LogP contribution in [-0.4, -0.2) is 17.5 Å². The Morgan fingerprint density at radius 1 is 1.32 bits per heavy atom. The minimum absolute atomic E-state index is 0.0179. The first-order chi connectivity index (χ1) is 11.9. The number of aliphatic hydroxyl groups excluding tert-OH is 1. The topological polar surface area (TPSA) is 61.1 Å². The monoisotopic (exact) mass is 337 g/mol. The molecule has 0 saturated heterocycles. The van der Waals surface area contributed by atoms with E-state index in [1.807, 2.05) is 6.08 Å². The van der Waals surface area contributed by atoms with Crippen LogP contribution < -0.4 is 0 Å². The second-order valence-corrected chi connectivity index (χ2v) is 8.77. The van der Waals surface area contributed by atoms with Crippen molar-refractivity contribution in [1.29, 1.82) is 5.26 Å². The van der Waals surface area contributed by atoms with Gasteiger partial charge in [0.1, 0.15) is 0 Å². The summed E-state index contributed by atoms with van der Waals surface area (Å²) in [5.41, 5.74) is 4.78. The van der Waals surface area contributed by atoms with E-state index in [1.165, 1.54) is 11.1 Å². The molecule has 132 valence electrons. The van der Waals surface area contributed by atoms with Gasteiger partial charge in [-0.2, -0.15) is 5.26 Å². The van der Waals surface area contributed by atoms with Crippen LogP contribution in [0.5, 0.6) is 0 Å². The molecule has 4 atom stereocenters. The third-order valence-electron chi connectivity index (χ3n) is 7.78. The summed E-state index contributed by atoms with van der Waals surface area (Å²) in [6.07, 6.45) is 11.1. The number of rotatable bonds is 1. The molecule has 0 unspecified atom stereocenters. The third kappa shape index (κ3) is 2.23. The van der Waals surface area contributed by atoms with E-state index in [1.54, 1.807) is 5.57 Å². The molecule has 4 rings (SSSR count). The lowest BCUT2D eigenvalue weighted by molar-refractivity contribution is -0.115. The van der Waals surface area contributed by atoms with Crippen molar-refractivity contribution in [3.63, 3.8) is 0 Å². The number of nitriles is 1. The molecule has 3 nitrogen and oxygen atoms in total. The molecule has 2 saturated carbocycles. The molecule has 0 aromatic rings. The molecule has 0 heterocycles. The lowest BCUT2D eigenvalue weighted by atomic mass is 9.51. The Hall–Kier alpha value is -1.66. The maximum Gasteiger partial charge on any atom is 0.155 e. The highest BCUT2D eigenvalue weighted by atomic mass is 16.3. The van der Waals surface area contributed by atoms with Crippen LogP contribution in [0.25, 0.3) is 0 Å². The molecule has 4 aliphatic carbocycles. The molecular weight excluding hydrogens is 310 g/mol. The van der Waals surface area contributed by atoms with E-state index in [2.05, 4.69) is 26.0 Å². The predicted molar refractivity (Wildman–Crippen MR) is 96.4 cm³/mol. The summed E-state index contributed by atoms with van der Waals surface area (Å²) in [5, 5.41) is 19.0. The molecule has 0 amide bonds. The van der Waals surface area contributed by atoms with Crippen molar-refractivity contribution in [1.82, 2.24) is 0 Å². The van der Waals surface area contributed by atoms with E-state index < -0.39 is 0 Å². The fourth-order valence-electron chi connectivity index (χ4n) is 6.37. The largest absolute Gasteiger partial charge is 0.391 e. The summed E-state index contributed by atoms with van der Waals surface area (Å²) in [6, 6.07) is 2.24. The number of hydrogen-bond donors (Lipinski definition) is 1. The second kappa shape index (κ2) is 5.68. The zero-order valence-corrected chi connectivity index (χ0v) is 15.3. The van der Waals surface area contributed by atoms with Crippen LogP contribution in [0.1, 0.15) is 58.8 Å². The molecule has 3 heteroatoms. The van der Waals surface area contributed by atoms with Gasteiger partial charge in [0.15, 0.2) is 5.78 Å². The standard InChI is InChI=1S/C22H27NO2/c1-21-9-7-16(25)11-15(21)3-4-17-19-6-5-18(14(12-23)13-24)22(19,2)10-8-20(17)21/h8,11,17,19,24H,3-7,9-10,13H2,1-2H3/t17-,19-,21-,22+/m0/s1. The maximum absolute atomic E-state index is 11.9. The van der Waals surface area contributed by atoms with E-state index >= 15 is 0 Å². The minimum Gasteiger partial charge on any atom is -0.391 e. The third-order valence-corrected chi connectivity index (χ3v) is 7.78. The average Bonchev–Trinajstić information content (AvgIpc) is 2.94. The Morgan fingerprint density at radius 3 is 2.84 bits per heavy atom. The van der Waals surface area contributed by atoms with Gasteiger partial charge in [0.2, 0.25) is 0 Å². The highest BCUT2D eigenvalue weighted by Gasteiger charge is 2.54. The second-order valence-electron chi connectivity index (χ2n) is 8.77. The van der Waals surface area contributed by atoms with E-state index in [0.717, 1.165) is 38.5 Å². The number of carbonyl (C=O) groups excluding carboxylic acids is 1. The summed E-state index contributed by atoms with van der Waals surface area (Å²) in [7, 11) is 0. The number of aliphatic hydroxyl groups is 1. The summed E-state index contributed by atoms with van der Waals surface area (Å²) in [4.78, 5) is 11.9. The van der Waals surface area contributed by atoms with Crippen LogP contribution >= 0.6 is 0 Å². The predicted octanol–water partition coefficient (Wildman–Crippen LogP) is 4.25. The number of ketones is 1. The van der Waals surface area contributed by atoms with Crippen LogP contribution in [-0.2, 0) is 4.79 Å². The molecule has 0 aliphatic heterocycles. The molecule has 25 heavy (non-hydrogen) atoms. The quantitative estimate of drug-likeness (QED) is 0.575. The Morgan fingerprint density at radius 2 is 2.12 bits per heavy atom. The van der Waals surface area contributed by atoms with Crippen molar-refractivity contribution in [3.05, 3.63) is 34.4 Å². The van der Waals surface area contributed by atoms with Gasteiger partial charge in [0.25, 0.3) is 0 Å². The zero-order chi connectivity index (χ0) is 17.8. The van der Waals surface area contributed by atoms with Gasteiger partial charge in [-0.25, -0.2) is 0 Å². The number of allylic oxidation sites excluding steroid dienone is 5. The lowest BCUT2D eigenvalue weighted by Crippen LogP contribution is -2.43. The Balaban J connectivity index is 1.77. The first kappa shape index (κ1) is 16.8. The van der Waals surface area contributed by atoms with E-state index in [9.17, 15) is 15.2 Å². The average molecular weight is 337 g/mol. The molecule has 0 aromatic heterocycles. The van der Waals surface area contributed by atoms with Gasteiger partial charge in [0.05, 0.1) is 18.2 Å². The van der Waals surface area contributed by atoms with Crippen LogP contribution in [0.3, 0.4) is 0 Å². The Bertz CT molecular complexity index is 765. The number of hydrogen-bond acceptors (Lipinski definition) is 3. The minimum atomic E-state index is -0.137. The van der Waals surface area contributed by atoms with Gasteiger partial charge in [-0.05, 0) is 67.4 Å². The molecule has 1 N–H and O–H groups in total. The normalized spacial score (nSPS) is 41.8. The van der Waals surface area contributed by atoms with Crippen molar-refractivity contribution in [3.8, 4) is 6.07 Å². The van der Waals surface area contributed by atoms with Gasteiger partial charge in [-0.1, -0.05) is 31.1 Å². The van der Waals surface area contributed by atoms with Crippen LogP contribution in [0.4, 0.5) is 0 Å². The molecular formula is C22H27NO2. The highest BCUT2D eigenvalue weighted by molar-refractivity contribution is 5.92. The van der Waals surface area contributed by atoms with E-state index in [4.69, 9.17) is 0 Å². The number of nitrogens with zero attached hydrogens (tertiary/aromatic N) is 1. The molecule has 0 bridgehead atoms. The van der Waals surface area contributed by atoms with E-state index in [-0.39, 0.29) is 17.4 Å². The van der Waals surface area contributed by atoms with Gasteiger partial charge < -0.3 is 5.11 Å². The zero-order valence-electron chi connectivity index (χ0n) is 15.3. The summed E-state index contributed by atoms with van der Waals surface area (Å²) >= 11 is 0. The van der Waals surface area contributed by atoms with Crippen molar-refractivity contribution < 1.29 is 9.90 Å². The molecule has 0 radical (unpaired) electrons. The SMILES string of the molecule is C[C@]12CCC(=O)C=C1CC[C@@H]1C2=CC[C@]2(C)C(=C(C#N)CO)CC[C@@H]12. The van der Waals surface area contributed by atoms with E-state index in [0.29, 0.717) is 29.6 Å². The highest BCUT2D eigenvalue weighted by Crippen LogP contribution is 2.64. The molecule has 0 spiro atoms. The maximum atomic E-state index is 11.9. The summed E-state index contributed by atoms with van der Waals surface area (Å²) < 4.78 is 0. The first-order valence-electron chi connectivity index (χ1n) is 9.62. The molecule has 2 fully saturated rings.